The van der Waals surface area contributed by atoms with Crippen LogP contribution in [0.2, 0.25) is 0 Å². The number of halogens is 1. The molecule has 0 saturated carbocycles. The minimum absolute atomic E-state index is 0.225. The first-order chi connectivity index (χ1) is 17.4. The summed E-state index contributed by atoms with van der Waals surface area (Å²) in [4.78, 5) is 31.9. The summed E-state index contributed by atoms with van der Waals surface area (Å²) in [5, 5.41) is 0. The Labute approximate surface area is 221 Å². The summed E-state index contributed by atoms with van der Waals surface area (Å²) < 4.78 is 19.4. The van der Waals surface area contributed by atoms with Crippen LogP contribution in [0.3, 0.4) is 0 Å². The van der Waals surface area contributed by atoms with Gasteiger partial charge in [-0.15, -0.1) is 0 Å². The number of fused-ring (bicyclic) bond motifs is 1. The molecule has 3 aromatic rings. The summed E-state index contributed by atoms with van der Waals surface area (Å²) >= 11 is 4.82. The van der Waals surface area contributed by atoms with Crippen LogP contribution < -0.4 is 24.4 Å². The zero-order valence-electron chi connectivity index (χ0n) is 20.5. The van der Waals surface area contributed by atoms with E-state index in [0.717, 1.165) is 21.3 Å². The molecule has 0 fully saturated rings. The van der Waals surface area contributed by atoms with Crippen LogP contribution in [0.25, 0.3) is 6.08 Å². The fourth-order valence-electron chi connectivity index (χ4n) is 4.05. The maximum absolute atomic E-state index is 13.7. The first-order valence-corrected chi connectivity index (χ1v) is 13.3. The zero-order valence-corrected chi connectivity index (χ0v) is 22.9. The van der Waals surface area contributed by atoms with E-state index in [9.17, 15) is 9.59 Å². The number of thiazole rings is 1. The summed E-state index contributed by atoms with van der Waals surface area (Å²) in [6.07, 6.45) is 1.82. The topological polar surface area (TPSA) is 79.1 Å². The maximum atomic E-state index is 13.7. The van der Waals surface area contributed by atoms with E-state index < -0.39 is 12.0 Å². The maximum Gasteiger partial charge on any atom is 0.338 e. The molecular formula is C27H27BrN2O5S. The zero-order chi connectivity index (χ0) is 25.8. The van der Waals surface area contributed by atoms with E-state index in [4.69, 9.17) is 14.2 Å². The molecule has 1 aliphatic heterocycles. The summed E-state index contributed by atoms with van der Waals surface area (Å²) in [6.45, 7) is 8.70. The SMILES string of the molecule is CCOC(=O)C1=C(C)N=c2s/c(=C/c3ccc(OCC)c(Br)c3)c(=O)n2C1c1ccc(OCC)cc1. The van der Waals surface area contributed by atoms with Gasteiger partial charge in [0.25, 0.3) is 5.56 Å². The number of nitrogens with zero attached hydrogens (tertiary/aromatic N) is 2. The van der Waals surface area contributed by atoms with Gasteiger partial charge in [0.05, 0.1) is 46.1 Å². The van der Waals surface area contributed by atoms with Crippen LogP contribution in [0.1, 0.15) is 44.9 Å². The number of esters is 1. The summed E-state index contributed by atoms with van der Waals surface area (Å²) in [6, 6.07) is 12.4. The highest BCUT2D eigenvalue weighted by molar-refractivity contribution is 9.10. The average Bonchev–Trinajstić information content (AvgIpc) is 3.15. The molecule has 0 spiro atoms. The fourth-order valence-corrected chi connectivity index (χ4v) is 5.61. The standard InChI is InChI=1S/C27H27BrN2O5S/c1-5-33-19-11-9-18(10-12-19)24-23(26(32)35-7-3)16(4)29-27-30(24)25(31)22(36-27)15-17-8-13-21(34-6-2)20(28)14-17/h8-15,24H,5-7H2,1-4H3/b22-15+. The predicted octanol–water partition coefficient (Wildman–Crippen LogP) is 4.36. The van der Waals surface area contributed by atoms with Crippen molar-refractivity contribution in [3.8, 4) is 11.5 Å². The molecule has 0 radical (unpaired) electrons. The van der Waals surface area contributed by atoms with Gasteiger partial charge in [-0.1, -0.05) is 29.5 Å². The summed E-state index contributed by atoms with van der Waals surface area (Å²) in [5.74, 6) is 0.969. The van der Waals surface area contributed by atoms with Crippen molar-refractivity contribution >= 4 is 39.3 Å². The lowest BCUT2D eigenvalue weighted by atomic mass is 9.96. The third-order valence-electron chi connectivity index (χ3n) is 5.58. The van der Waals surface area contributed by atoms with Crippen molar-refractivity contribution in [2.24, 2.45) is 4.99 Å². The molecule has 188 valence electrons. The van der Waals surface area contributed by atoms with Crippen LogP contribution in [0.5, 0.6) is 11.5 Å². The number of carbonyl (C=O) groups excluding carboxylic acids is 1. The van der Waals surface area contributed by atoms with Crippen LogP contribution >= 0.6 is 27.3 Å². The smallest absolute Gasteiger partial charge is 0.338 e. The third-order valence-corrected chi connectivity index (χ3v) is 7.18. The molecule has 0 N–H and O–H groups in total. The van der Waals surface area contributed by atoms with Crippen LogP contribution in [0.4, 0.5) is 0 Å². The first-order valence-electron chi connectivity index (χ1n) is 11.7. The molecule has 0 saturated heterocycles. The molecule has 7 nitrogen and oxygen atoms in total. The molecule has 9 heteroatoms. The van der Waals surface area contributed by atoms with Crippen LogP contribution in [0.15, 0.2) is 68.0 Å². The second-order valence-corrected chi connectivity index (χ2v) is 9.79. The molecule has 1 aliphatic rings. The van der Waals surface area contributed by atoms with Gasteiger partial charge < -0.3 is 14.2 Å². The Bertz CT molecular complexity index is 1490. The number of hydrogen-bond donors (Lipinski definition) is 0. The van der Waals surface area contributed by atoms with Gasteiger partial charge in [-0.2, -0.15) is 0 Å². The van der Waals surface area contributed by atoms with Gasteiger partial charge in [-0.05, 0) is 85.1 Å². The molecule has 4 rings (SSSR count). The van der Waals surface area contributed by atoms with Crippen molar-refractivity contribution < 1.29 is 19.0 Å². The van der Waals surface area contributed by atoms with Crippen molar-refractivity contribution in [2.75, 3.05) is 19.8 Å². The van der Waals surface area contributed by atoms with E-state index in [2.05, 4.69) is 20.9 Å². The van der Waals surface area contributed by atoms with Gasteiger partial charge in [0, 0.05) is 0 Å². The lowest BCUT2D eigenvalue weighted by Crippen LogP contribution is -2.39. The van der Waals surface area contributed by atoms with E-state index in [-0.39, 0.29) is 12.2 Å². The first kappa shape index (κ1) is 25.9. The van der Waals surface area contributed by atoms with Crippen LogP contribution in [-0.4, -0.2) is 30.4 Å². The quantitative estimate of drug-likeness (QED) is 0.376. The third kappa shape index (κ3) is 5.17. The van der Waals surface area contributed by atoms with Crippen molar-refractivity contribution in [1.29, 1.82) is 0 Å². The monoisotopic (exact) mass is 570 g/mol. The van der Waals surface area contributed by atoms with Crippen molar-refractivity contribution in [3.05, 3.63) is 89.0 Å². The van der Waals surface area contributed by atoms with Crippen LogP contribution in [-0.2, 0) is 9.53 Å². The van der Waals surface area contributed by atoms with E-state index in [1.807, 2.05) is 62.4 Å². The number of hydrogen-bond acceptors (Lipinski definition) is 7. The largest absolute Gasteiger partial charge is 0.494 e. The Morgan fingerprint density at radius 3 is 2.44 bits per heavy atom. The number of benzene rings is 2. The minimum atomic E-state index is -0.662. The van der Waals surface area contributed by atoms with Crippen LogP contribution in [0, 0.1) is 0 Å². The molecule has 0 aliphatic carbocycles. The predicted molar refractivity (Wildman–Crippen MR) is 143 cm³/mol. The molecule has 1 atom stereocenters. The molecular weight excluding hydrogens is 544 g/mol. The normalized spacial score (nSPS) is 15.4. The van der Waals surface area contributed by atoms with Gasteiger partial charge in [-0.25, -0.2) is 9.79 Å². The number of allylic oxidation sites excluding steroid dienone is 1. The second kappa shape index (κ2) is 11.3. The average molecular weight is 571 g/mol. The molecule has 1 unspecified atom stereocenters. The lowest BCUT2D eigenvalue weighted by molar-refractivity contribution is -0.139. The van der Waals surface area contributed by atoms with Gasteiger partial charge in [-0.3, -0.25) is 9.36 Å². The minimum Gasteiger partial charge on any atom is -0.494 e. The van der Waals surface area contributed by atoms with E-state index in [0.29, 0.717) is 39.6 Å². The van der Waals surface area contributed by atoms with E-state index in [1.165, 1.54) is 11.3 Å². The molecule has 2 heterocycles. The van der Waals surface area contributed by atoms with Gasteiger partial charge >= 0.3 is 5.97 Å². The molecule has 36 heavy (non-hydrogen) atoms. The lowest BCUT2D eigenvalue weighted by Gasteiger charge is -2.24. The number of rotatable bonds is 8. The van der Waals surface area contributed by atoms with Gasteiger partial charge in [0.2, 0.25) is 0 Å². The highest BCUT2D eigenvalue weighted by Gasteiger charge is 2.33. The highest BCUT2D eigenvalue weighted by atomic mass is 79.9. The number of ether oxygens (including phenoxy) is 3. The Kier molecular flexibility index (Phi) is 8.11. The molecule has 0 amide bonds. The fraction of sp³-hybridized carbons (Fsp3) is 0.296. The summed E-state index contributed by atoms with van der Waals surface area (Å²) in [7, 11) is 0. The van der Waals surface area contributed by atoms with Crippen molar-refractivity contribution in [3.63, 3.8) is 0 Å². The highest BCUT2D eigenvalue weighted by Crippen LogP contribution is 2.32. The molecule has 2 aromatic carbocycles. The Hall–Kier alpha value is -3.17. The van der Waals surface area contributed by atoms with Crippen molar-refractivity contribution in [1.82, 2.24) is 4.57 Å². The molecule has 0 bridgehead atoms. The van der Waals surface area contributed by atoms with E-state index >= 15 is 0 Å². The Morgan fingerprint density at radius 1 is 1.08 bits per heavy atom. The molecule has 1 aromatic heterocycles. The Balaban J connectivity index is 1.87. The van der Waals surface area contributed by atoms with E-state index in [1.54, 1.807) is 18.4 Å². The van der Waals surface area contributed by atoms with Gasteiger partial charge in [0.1, 0.15) is 11.5 Å². The van der Waals surface area contributed by atoms with Gasteiger partial charge in [0.15, 0.2) is 4.80 Å². The number of carbonyl (C=O) groups is 1. The Morgan fingerprint density at radius 2 is 1.81 bits per heavy atom. The second-order valence-electron chi connectivity index (χ2n) is 7.93. The van der Waals surface area contributed by atoms with Crippen molar-refractivity contribution in [2.45, 2.75) is 33.7 Å². The summed E-state index contributed by atoms with van der Waals surface area (Å²) in [5.41, 5.74) is 2.27. The number of aromatic nitrogens is 1.